The monoisotopic (exact) mass is 722 g/mol. The second kappa shape index (κ2) is 14.5. The molecule has 0 saturated heterocycles. The van der Waals surface area contributed by atoms with Crippen LogP contribution in [-0.4, -0.2) is 75.2 Å². The van der Waals surface area contributed by atoms with Crippen molar-refractivity contribution in [2.75, 3.05) is 34.4 Å². The number of hydrogen-bond acceptors (Lipinski definition) is 8. The molecule has 2 heterocycles. The highest BCUT2D eigenvalue weighted by Crippen LogP contribution is 2.55. The number of carbonyl (C=O) groups is 3. The summed E-state index contributed by atoms with van der Waals surface area (Å²) in [5.41, 5.74) is 5.28. The molecular weight excluding hydrogens is 673 g/mol. The first-order chi connectivity index (χ1) is 24.3. The second-order valence-corrected chi connectivity index (χ2v) is 16.7. The van der Waals surface area contributed by atoms with Crippen LogP contribution in [0.4, 0.5) is 4.79 Å². The van der Waals surface area contributed by atoms with Crippen molar-refractivity contribution in [2.24, 2.45) is 5.92 Å². The summed E-state index contributed by atoms with van der Waals surface area (Å²) in [6.45, 7) is 6.18. The molecule has 2 aromatic rings. The van der Waals surface area contributed by atoms with Crippen LogP contribution in [0.15, 0.2) is 52.6 Å². The first-order valence-corrected chi connectivity index (χ1v) is 19.4. The zero-order chi connectivity index (χ0) is 36.7. The number of esters is 1. The van der Waals surface area contributed by atoms with E-state index in [1.165, 1.54) is 39.0 Å². The van der Waals surface area contributed by atoms with Gasteiger partial charge in [0, 0.05) is 43.7 Å². The van der Waals surface area contributed by atoms with Gasteiger partial charge in [0.05, 0.1) is 31.2 Å². The van der Waals surface area contributed by atoms with Crippen molar-refractivity contribution in [3.05, 3.63) is 63.9 Å². The summed E-state index contributed by atoms with van der Waals surface area (Å²) in [6, 6.07) is 6.32. The van der Waals surface area contributed by atoms with Crippen molar-refractivity contribution >= 4 is 39.1 Å². The highest BCUT2D eigenvalue weighted by Gasteiger charge is 2.48. The predicted molar refractivity (Wildman–Crippen MR) is 194 cm³/mol. The fraction of sp³-hybridized carbons (Fsp3) is 0.553. The molecule has 1 aliphatic heterocycles. The highest BCUT2D eigenvalue weighted by atomic mass is 32.2. The van der Waals surface area contributed by atoms with E-state index >= 15 is 0 Å². The molecule has 1 saturated carbocycles. The summed E-state index contributed by atoms with van der Waals surface area (Å²) in [7, 11) is 0.301. The second-order valence-electron chi connectivity index (χ2n) is 14.9. The van der Waals surface area contributed by atoms with E-state index in [1.54, 1.807) is 27.9 Å². The standard InChI is InChI=1S/C38H50N4O8S/c1-38(2,3)50-37(45)39-19-10-11-20-41(4)51(46,47)40-35(43)33-28-22-42-29(31-25(32(28)33)15-12-16-26(31)36(44)49-6)21-27-30(48-5)18-17-24(34(27)42)23-13-8-7-9-14-23/h12,15,17-18,21,23,26,31H,7-11,13-14,16,19-20,22H2,1-6H3,(H,39,45)(H,40,43)/t26-,31?/m1/s1. The van der Waals surface area contributed by atoms with Crippen LogP contribution >= 0.6 is 0 Å². The van der Waals surface area contributed by atoms with Gasteiger partial charge in [0.2, 0.25) is 0 Å². The molecular formula is C38H50N4O8S. The third-order valence-corrected chi connectivity index (χ3v) is 11.9. The maximum Gasteiger partial charge on any atom is 0.407 e. The van der Waals surface area contributed by atoms with Crippen LogP contribution < -0.4 is 14.8 Å². The number of alkyl carbamates (subject to hydrolysis) is 1. The van der Waals surface area contributed by atoms with Crippen LogP contribution in [0.5, 0.6) is 5.75 Å². The molecule has 2 N–H and O–H groups in total. The predicted octanol–water partition coefficient (Wildman–Crippen LogP) is 5.75. The van der Waals surface area contributed by atoms with E-state index in [2.05, 4.69) is 26.7 Å². The fourth-order valence-corrected chi connectivity index (χ4v) is 8.84. The van der Waals surface area contributed by atoms with Crippen LogP contribution in [0.25, 0.3) is 10.9 Å². The Morgan fingerprint density at radius 2 is 1.80 bits per heavy atom. The van der Waals surface area contributed by atoms with E-state index < -0.39 is 39.6 Å². The lowest BCUT2D eigenvalue weighted by molar-refractivity contribution is -0.146. The van der Waals surface area contributed by atoms with Crippen LogP contribution in [0.3, 0.4) is 0 Å². The minimum absolute atomic E-state index is 0.147. The van der Waals surface area contributed by atoms with Gasteiger partial charge in [-0.3, -0.25) is 9.59 Å². The lowest BCUT2D eigenvalue weighted by atomic mass is 9.76. The van der Waals surface area contributed by atoms with E-state index in [0.29, 0.717) is 49.4 Å². The average molecular weight is 723 g/mol. The lowest BCUT2D eigenvalue weighted by Gasteiger charge is -2.29. The van der Waals surface area contributed by atoms with E-state index in [1.807, 2.05) is 18.2 Å². The van der Waals surface area contributed by atoms with Gasteiger partial charge in [-0.15, -0.1) is 0 Å². The number of nitrogens with zero attached hydrogens (tertiary/aromatic N) is 2. The molecule has 6 rings (SSSR count). The average Bonchev–Trinajstić information content (AvgIpc) is 3.72. The Bertz CT molecular complexity index is 1930. The van der Waals surface area contributed by atoms with Crippen molar-refractivity contribution in [3.63, 3.8) is 0 Å². The lowest BCUT2D eigenvalue weighted by Crippen LogP contribution is -2.42. The molecule has 12 nitrogen and oxygen atoms in total. The molecule has 1 fully saturated rings. The summed E-state index contributed by atoms with van der Waals surface area (Å²) in [6.07, 6.45) is 10.6. The van der Waals surface area contributed by atoms with Gasteiger partial charge < -0.3 is 24.1 Å². The Morgan fingerprint density at radius 3 is 2.49 bits per heavy atom. The van der Waals surface area contributed by atoms with Crippen LogP contribution in [0.1, 0.15) is 95.2 Å². The summed E-state index contributed by atoms with van der Waals surface area (Å²) in [4.78, 5) is 39.0. The van der Waals surface area contributed by atoms with E-state index in [0.717, 1.165) is 50.6 Å². The van der Waals surface area contributed by atoms with Gasteiger partial charge in [-0.25, -0.2) is 9.52 Å². The zero-order valence-electron chi connectivity index (χ0n) is 30.5. The highest BCUT2D eigenvalue weighted by molar-refractivity contribution is 7.87. The van der Waals surface area contributed by atoms with Crippen molar-refractivity contribution in [3.8, 4) is 5.75 Å². The molecule has 13 heteroatoms. The number of hydrogen-bond donors (Lipinski definition) is 2. The van der Waals surface area contributed by atoms with Gasteiger partial charge in [-0.05, 0) is 93.2 Å². The molecule has 1 aromatic heterocycles. The Hall–Kier alpha value is -4.10. The normalized spacial score (nSPS) is 20.4. The first kappa shape index (κ1) is 36.7. The Balaban J connectivity index is 1.28. The van der Waals surface area contributed by atoms with Crippen molar-refractivity contribution in [1.29, 1.82) is 0 Å². The maximum atomic E-state index is 13.8. The van der Waals surface area contributed by atoms with Gasteiger partial charge in [-0.1, -0.05) is 37.5 Å². The number of ether oxygens (including phenoxy) is 3. The number of unbranched alkanes of at least 4 members (excludes halogenated alkanes) is 1. The van der Waals surface area contributed by atoms with Gasteiger partial charge in [0.15, 0.2) is 0 Å². The molecule has 2 atom stereocenters. The van der Waals surface area contributed by atoms with E-state index in [-0.39, 0.29) is 12.5 Å². The van der Waals surface area contributed by atoms with Crippen LogP contribution in [0, 0.1) is 5.92 Å². The molecule has 4 aliphatic rings. The number of carbonyl (C=O) groups excluding carboxylic acids is 3. The SMILES string of the molecule is COC(=O)[C@@H]1CC=CC2=C3C(=C3C(=O)NS(=O)(=O)N(C)CCCCNC(=O)OC(C)(C)C)Cn3c(cc4c(OC)ccc(C5CCCCC5)c43)C21. The number of amides is 2. The van der Waals surface area contributed by atoms with Crippen molar-refractivity contribution < 1.29 is 37.0 Å². The molecule has 1 aromatic carbocycles. The maximum absolute atomic E-state index is 13.8. The molecule has 0 radical (unpaired) electrons. The molecule has 3 aliphatic carbocycles. The number of methoxy groups -OCH3 is 2. The van der Waals surface area contributed by atoms with Gasteiger partial charge >= 0.3 is 22.3 Å². The Kier molecular flexibility index (Phi) is 10.4. The molecule has 2 amide bonds. The molecule has 1 unspecified atom stereocenters. The summed E-state index contributed by atoms with van der Waals surface area (Å²) in [5.74, 6) is -0.811. The molecule has 0 spiro atoms. The van der Waals surface area contributed by atoms with Gasteiger partial charge in [0.25, 0.3) is 5.91 Å². The number of aromatic nitrogens is 1. The molecule has 276 valence electrons. The minimum Gasteiger partial charge on any atom is -0.496 e. The molecule has 51 heavy (non-hydrogen) atoms. The Labute approximate surface area is 300 Å². The van der Waals surface area contributed by atoms with Crippen LogP contribution in [0.2, 0.25) is 0 Å². The topological polar surface area (TPSA) is 145 Å². The third kappa shape index (κ3) is 7.46. The Morgan fingerprint density at radius 1 is 1.06 bits per heavy atom. The zero-order valence-corrected chi connectivity index (χ0v) is 31.3. The van der Waals surface area contributed by atoms with E-state index in [4.69, 9.17) is 14.2 Å². The summed E-state index contributed by atoms with van der Waals surface area (Å²) < 4.78 is 48.7. The summed E-state index contributed by atoms with van der Waals surface area (Å²) >= 11 is 0. The molecule has 0 bridgehead atoms. The van der Waals surface area contributed by atoms with Crippen molar-refractivity contribution in [2.45, 2.75) is 96.1 Å². The number of nitrogens with one attached hydrogen (secondary N) is 2. The largest absolute Gasteiger partial charge is 0.496 e. The minimum atomic E-state index is -4.17. The number of allylic oxidation sites excluding steroid dienone is 4. The van der Waals surface area contributed by atoms with Gasteiger partial charge in [-0.2, -0.15) is 12.7 Å². The van der Waals surface area contributed by atoms with Crippen LogP contribution in [-0.2, 0) is 35.8 Å². The number of rotatable bonds is 11. The van der Waals surface area contributed by atoms with Crippen molar-refractivity contribution in [1.82, 2.24) is 18.9 Å². The quantitative estimate of drug-likeness (QED) is 0.221. The smallest absolute Gasteiger partial charge is 0.407 e. The number of fused-ring (bicyclic) bond motifs is 6. The number of benzene rings is 1. The summed E-state index contributed by atoms with van der Waals surface area (Å²) in [5, 5.41) is 3.64. The fourth-order valence-electron chi connectivity index (χ4n) is 7.98. The first-order valence-electron chi connectivity index (χ1n) is 17.9. The third-order valence-electron chi connectivity index (χ3n) is 10.4. The van der Waals surface area contributed by atoms with Gasteiger partial charge in [0.1, 0.15) is 11.4 Å². The van der Waals surface area contributed by atoms with E-state index in [9.17, 15) is 22.8 Å².